The minimum Gasteiger partial charge on any atom is -0.370 e. The maximum absolute atomic E-state index is 5.93. The van der Waals surface area contributed by atoms with Crippen LogP contribution in [0, 0.1) is 6.92 Å². The highest BCUT2D eigenvalue weighted by Crippen LogP contribution is 2.30. The lowest BCUT2D eigenvalue weighted by molar-refractivity contribution is 1.34. The maximum atomic E-state index is 5.93. The normalized spacial score (nSPS) is 11.3. The molecule has 1 rings (SSSR count). The van der Waals surface area contributed by atoms with E-state index in [4.69, 9.17) is 28.8 Å². The lowest BCUT2D eigenvalue weighted by atomic mass is 10.2. The molecular weight excluding hydrogens is 293 g/mol. The minimum atomic E-state index is -0.137. The predicted octanol–water partition coefficient (Wildman–Crippen LogP) is 1.63. The smallest absolute Gasteiger partial charge is 0.223 e. The van der Waals surface area contributed by atoms with Crippen LogP contribution < -0.4 is 17.2 Å². The summed E-state index contributed by atoms with van der Waals surface area (Å²) < 4.78 is 0.797. The topological polar surface area (TPSA) is 103 Å². The van der Waals surface area contributed by atoms with E-state index in [9.17, 15) is 0 Å². The first-order valence-corrected chi connectivity index (χ1v) is 5.46. The van der Waals surface area contributed by atoms with Gasteiger partial charge in [-0.2, -0.15) is 4.99 Å². The third-order valence-electron chi connectivity index (χ3n) is 1.72. The van der Waals surface area contributed by atoms with E-state index < -0.39 is 0 Å². The second kappa shape index (κ2) is 5.18. The average molecular weight is 305 g/mol. The second-order valence-electron chi connectivity index (χ2n) is 3.06. The molecule has 0 radical (unpaired) electrons. The van der Waals surface area contributed by atoms with Crippen LogP contribution in [0.15, 0.2) is 26.6 Å². The summed E-state index contributed by atoms with van der Waals surface area (Å²) in [5.41, 5.74) is 17.4. The summed E-state index contributed by atoms with van der Waals surface area (Å²) in [5.74, 6) is -0.149. The molecule has 7 heteroatoms. The number of guanidine groups is 2. The monoisotopic (exact) mass is 303 g/mol. The molecule has 0 unspecified atom stereocenters. The van der Waals surface area contributed by atoms with Gasteiger partial charge in [0.2, 0.25) is 5.96 Å². The molecule has 0 aliphatic rings. The number of hydrogen-bond donors (Lipinski definition) is 3. The van der Waals surface area contributed by atoms with Crippen molar-refractivity contribution in [2.45, 2.75) is 6.92 Å². The van der Waals surface area contributed by atoms with Crippen molar-refractivity contribution in [3.8, 4) is 0 Å². The van der Waals surface area contributed by atoms with Crippen molar-refractivity contribution in [2.24, 2.45) is 27.2 Å². The Labute approximate surface area is 107 Å². The fraction of sp³-hybridized carbons (Fsp3) is 0.111. The maximum Gasteiger partial charge on any atom is 0.223 e. The van der Waals surface area contributed by atoms with Gasteiger partial charge in [0.15, 0.2) is 5.96 Å². The Hall–Kier alpha value is -1.27. The Morgan fingerprint density at radius 1 is 1.31 bits per heavy atom. The Morgan fingerprint density at radius 3 is 2.50 bits per heavy atom. The molecule has 1 aromatic rings. The largest absolute Gasteiger partial charge is 0.370 e. The zero-order chi connectivity index (χ0) is 12.3. The third kappa shape index (κ3) is 3.39. The SMILES string of the molecule is Cc1cc(Br)c(Cl)cc1N=C(N)N=C(N)N. The van der Waals surface area contributed by atoms with Crippen molar-refractivity contribution in [3.63, 3.8) is 0 Å². The summed E-state index contributed by atoms with van der Waals surface area (Å²) in [6.45, 7) is 1.88. The van der Waals surface area contributed by atoms with E-state index >= 15 is 0 Å². The molecule has 0 saturated carbocycles. The Bertz CT molecular complexity index is 465. The van der Waals surface area contributed by atoms with Crippen LogP contribution in [0.1, 0.15) is 5.56 Å². The molecule has 0 aromatic heterocycles. The van der Waals surface area contributed by atoms with E-state index in [0.717, 1.165) is 10.0 Å². The number of nitrogens with two attached hydrogens (primary N) is 3. The summed E-state index contributed by atoms with van der Waals surface area (Å²) in [5, 5.41) is 0.543. The summed E-state index contributed by atoms with van der Waals surface area (Å²) in [6, 6.07) is 3.51. The molecule has 0 aliphatic heterocycles. The van der Waals surface area contributed by atoms with E-state index in [1.807, 2.05) is 13.0 Å². The zero-order valence-electron chi connectivity index (χ0n) is 8.54. The molecule has 0 spiro atoms. The van der Waals surface area contributed by atoms with Crippen molar-refractivity contribution in [1.82, 2.24) is 0 Å². The van der Waals surface area contributed by atoms with Crippen LogP contribution in [0.5, 0.6) is 0 Å². The van der Waals surface area contributed by atoms with Gasteiger partial charge in [-0.15, -0.1) is 0 Å². The van der Waals surface area contributed by atoms with Crippen molar-refractivity contribution in [1.29, 1.82) is 0 Å². The number of nitrogens with zero attached hydrogens (tertiary/aromatic N) is 2. The van der Waals surface area contributed by atoms with Gasteiger partial charge >= 0.3 is 0 Å². The quantitative estimate of drug-likeness (QED) is 0.542. The van der Waals surface area contributed by atoms with Gasteiger partial charge in [0, 0.05) is 4.47 Å². The van der Waals surface area contributed by atoms with Crippen molar-refractivity contribution >= 4 is 45.1 Å². The predicted molar refractivity (Wildman–Crippen MR) is 71.0 cm³/mol. The van der Waals surface area contributed by atoms with Gasteiger partial charge in [-0.1, -0.05) is 11.6 Å². The van der Waals surface area contributed by atoms with Gasteiger partial charge in [-0.3, -0.25) is 0 Å². The van der Waals surface area contributed by atoms with E-state index in [2.05, 4.69) is 25.9 Å². The molecule has 1 aromatic carbocycles. The lowest BCUT2D eigenvalue weighted by Gasteiger charge is -2.03. The second-order valence-corrected chi connectivity index (χ2v) is 4.32. The number of aryl methyl sites for hydroxylation is 1. The standard InChI is InChI=1S/C9H11BrClN5/c1-4-2-5(10)6(11)3-7(4)15-9(14)16-8(12)13/h2-3H,1H3,(H6,12,13,14,15,16). The van der Waals surface area contributed by atoms with Crippen molar-refractivity contribution in [2.75, 3.05) is 0 Å². The van der Waals surface area contributed by atoms with Crippen LogP contribution in [0.4, 0.5) is 5.69 Å². The number of halogens is 2. The Kier molecular flexibility index (Phi) is 4.14. The molecule has 16 heavy (non-hydrogen) atoms. The molecule has 86 valence electrons. The van der Waals surface area contributed by atoms with Crippen molar-refractivity contribution < 1.29 is 0 Å². The molecule has 0 fully saturated rings. The van der Waals surface area contributed by atoms with Crippen LogP contribution in [-0.4, -0.2) is 11.9 Å². The molecule has 0 atom stereocenters. The first-order chi connectivity index (χ1) is 7.40. The molecule has 0 amide bonds. The van der Waals surface area contributed by atoms with Crippen LogP contribution >= 0.6 is 27.5 Å². The van der Waals surface area contributed by atoms with E-state index in [1.165, 1.54) is 0 Å². The Balaban J connectivity index is 3.15. The van der Waals surface area contributed by atoms with Crippen molar-refractivity contribution in [3.05, 3.63) is 27.2 Å². The highest BCUT2D eigenvalue weighted by molar-refractivity contribution is 9.10. The number of hydrogen-bond acceptors (Lipinski definition) is 1. The first kappa shape index (κ1) is 12.8. The fourth-order valence-electron chi connectivity index (χ4n) is 1.04. The van der Waals surface area contributed by atoms with E-state index in [-0.39, 0.29) is 11.9 Å². The lowest BCUT2D eigenvalue weighted by Crippen LogP contribution is -2.26. The number of rotatable bonds is 1. The van der Waals surface area contributed by atoms with Crippen LogP contribution in [0.25, 0.3) is 0 Å². The van der Waals surface area contributed by atoms with Crippen LogP contribution in [0.3, 0.4) is 0 Å². The van der Waals surface area contributed by atoms with Gasteiger partial charge in [0.25, 0.3) is 0 Å². The van der Waals surface area contributed by atoms with E-state index in [0.29, 0.717) is 10.7 Å². The number of benzene rings is 1. The zero-order valence-corrected chi connectivity index (χ0v) is 10.9. The van der Waals surface area contributed by atoms with Gasteiger partial charge in [-0.05, 0) is 40.5 Å². The molecule has 0 bridgehead atoms. The fourth-order valence-corrected chi connectivity index (χ4v) is 1.65. The summed E-state index contributed by atoms with van der Waals surface area (Å²) in [6.07, 6.45) is 0. The molecule has 0 saturated heterocycles. The molecular formula is C9H11BrClN5. The highest BCUT2D eigenvalue weighted by Gasteiger charge is 2.03. The minimum absolute atomic E-state index is 0.0125. The molecule has 0 aliphatic carbocycles. The van der Waals surface area contributed by atoms with Gasteiger partial charge in [0.05, 0.1) is 10.7 Å². The molecule has 0 heterocycles. The molecule has 5 nitrogen and oxygen atoms in total. The van der Waals surface area contributed by atoms with Crippen LogP contribution in [0.2, 0.25) is 5.02 Å². The van der Waals surface area contributed by atoms with Gasteiger partial charge in [0.1, 0.15) is 0 Å². The summed E-state index contributed by atoms with van der Waals surface area (Å²) in [7, 11) is 0. The van der Waals surface area contributed by atoms with Crippen LogP contribution in [-0.2, 0) is 0 Å². The molecule has 6 N–H and O–H groups in total. The number of aliphatic imine (C=N–C) groups is 2. The third-order valence-corrected chi connectivity index (χ3v) is 2.91. The van der Waals surface area contributed by atoms with Gasteiger partial charge in [-0.25, -0.2) is 4.99 Å². The first-order valence-electron chi connectivity index (χ1n) is 4.29. The summed E-state index contributed by atoms with van der Waals surface area (Å²) >= 11 is 9.24. The summed E-state index contributed by atoms with van der Waals surface area (Å²) in [4.78, 5) is 7.65. The highest BCUT2D eigenvalue weighted by atomic mass is 79.9. The average Bonchev–Trinajstić information content (AvgIpc) is 2.12. The van der Waals surface area contributed by atoms with E-state index in [1.54, 1.807) is 6.07 Å². The Morgan fingerprint density at radius 2 is 1.94 bits per heavy atom. The van der Waals surface area contributed by atoms with Gasteiger partial charge < -0.3 is 17.2 Å².